The van der Waals surface area contributed by atoms with E-state index in [1.54, 1.807) is 0 Å². The summed E-state index contributed by atoms with van der Waals surface area (Å²) >= 11 is 0. The maximum Gasteiger partial charge on any atom is 0.110 e. The largest absolute Gasteiger partial charge is 0.286 e. The molecule has 0 spiro atoms. The van der Waals surface area contributed by atoms with Crippen LogP contribution in [0.25, 0.3) is 0 Å². The van der Waals surface area contributed by atoms with Crippen molar-refractivity contribution in [1.29, 1.82) is 5.26 Å². The van der Waals surface area contributed by atoms with Gasteiger partial charge in [-0.25, -0.2) is 0 Å². The summed E-state index contributed by atoms with van der Waals surface area (Å²) in [7, 11) is 0. The molecule has 0 aliphatic carbocycles. The van der Waals surface area contributed by atoms with Gasteiger partial charge in [0, 0.05) is 6.42 Å². The van der Waals surface area contributed by atoms with Gasteiger partial charge in [0.15, 0.2) is 0 Å². The van der Waals surface area contributed by atoms with Crippen molar-refractivity contribution in [2.24, 2.45) is 0 Å². The molecule has 0 aliphatic heterocycles. The zero-order chi connectivity index (χ0) is 15.9. The first-order chi connectivity index (χ1) is 9.96. The summed E-state index contributed by atoms with van der Waals surface area (Å²) < 4.78 is 0. The van der Waals surface area contributed by atoms with Crippen molar-refractivity contribution >= 4 is 0 Å². The van der Waals surface area contributed by atoms with E-state index < -0.39 is 5.54 Å². The van der Waals surface area contributed by atoms with E-state index in [9.17, 15) is 5.26 Å². The van der Waals surface area contributed by atoms with Gasteiger partial charge >= 0.3 is 0 Å². The van der Waals surface area contributed by atoms with Gasteiger partial charge in [0.05, 0.1) is 6.07 Å². The van der Waals surface area contributed by atoms with E-state index in [4.69, 9.17) is 0 Å². The van der Waals surface area contributed by atoms with Crippen LogP contribution in [0.2, 0.25) is 0 Å². The van der Waals surface area contributed by atoms with E-state index in [1.807, 2.05) is 0 Å². The average Bonchev–Trinajstić information content (AvgIpc) is 2.47. The lowest BCUT2D eigenvalue weighted by molar-refractivity contribution is 0.151. The summed E-state index contributed by atoms with van der Waals surface area (Å²) in [5, 5.41) is 9.72. The zero-order valence-corrected chi connectivity index (χ0v) is 14.3. The van der Waals surface area contributed by atoms with Crippen LogP contribution in [0.3, 0.4) is 0 Å². The first-order valence-corrected chi connectivity index (χ1v) is 8.22. The minimum atomic E-state index is -0.411. The Bertz CT molecular complexity index is 449. The second kappa shape index (κ2) is 8.20. The number of rotatable bonds is 8. The molecule has 0 bridgehead atoms. The van der Waals surface area contributed by atoms with Gasteiger partial charge < -0.3 is 0 Å². The summed E-state index contributed by atoms with van der Waals surface area (Å²) in [5.74, 6) is 0.554. The second-order valence-electron chi connectivity index (χ2n) is 6.45. The number of hydrogen-bond donors (Lipinski definition) is 0. The van der Waals surface area contributed by atoms with E-state index in [1.165, 1.54) is 11.1 Å². The molecule has 0 heterocycles. The van der Waals surface area contributed by atoms with Gasteiger partial charge in [0.25, 0.3) is 0 Å². The minimum Gasteiger partial charge on any atom is -0.286 e. The lowest BCUT2D eigenvalue weighted by Crippen LogP contribution is -2.47. The molecule has 1 aromatic rings. The average molecular weight is 286 g/mol. The van der Waals surface area contributed by atoms with Gasteiger partial charge in [-0.15, -0.1) is 0 Å². The summed E-state index contributed by atoms with van der Waals surface area (Å²) in [6, 6.07) is 11.3. The maximum atomic E-state index is 9.72. The van der Waals surface area contributed by atoms with Gasteiger partial charge in [0.2, 0.25) is 0 Å². The highest BCUT2D eigenvalue weighted by Gasteiger charge is 2.31. The Morgan fingerprint density at radius 1 is 1.10 bits per heavy atom. The standard InChI is InChI=1S/C19H30N2/c1-6-12-21(13-7-2)19(5,15-20)14-17-8-10-18(11-9-17)16(3)4/h8-11,16H,6-7,12-14H2,1-5H3. The summed E-state index contributed by atoms with van der Waals surface area (Å²) in [4.78, 5) is 2.34. The SMILES string of the molecule is CCCN(CCC)C(C)(C#N)Cc1ccc(C(C)C)cc1. The quantitative estimate of drug-likeness (QED) is 0.689. The molecule has 0 amide bonds. The monoisotopic (exact) mass is 286 g/mol. The van der Waals surface area contributed by atoms with Gasteiger partial charge in [-0.1, -0.05) is 52.0 Å². The molecule has 1 aromatic carbocycles. The van der Waals surface area contributed by atoms with Gasteiger partial charge in [-0.3, -0.25) is 4.90 Å². The molecule has 0 saturated heterocycles. The van der Waals surface area contributed by atoms with Crippen LogP contribution in [-0.2, 0) is 6.42 Å². The lowest BCUT2D eigenvalue weighted by atomic mass is 9.90. The molecular formula is C19H30N2. The fourth-order valence-electron chi connectivity index (χ4n) is 2.79. The number of hydrogen-bond acceptors (Lipinski definition) is 2. The topological polar surface area (TPSA) is 27.0 Å². The summed E-state index contributed by atoms with van der Waals surface area (Å²) in [6.07, 6.45) is 2.97. The van der Waals surface area contributed by atoms with Crippen molar-refractivity contribution in [2.45, 2.75) is 65.3 Å². The van der Waals surface area contributed by atoms with E-state index in [0.717, 1.165) is 32.4 Å². The van der Waals surface area contributed by atoms with Crippen LogP contribution in [0, 0.1) is 11.3 Å². The van der Waals surface area contributed by atoms with Crippen LogP contribution in [0.15, 0.2) is 24.3 Å². The Kier molecular flexibility index (Phi) is 6.92. The first-order valence-electron chi connectivity index (χ1n) is 8.22. The maximum absolute atomic E-state index is 9.72. The van der Waals surface area contributed by atoms with E-state index in [2.05, 4.69) is 69.9 Å². The third-order valence-corrected chi connectivity index (χ3v) is 4.12. The molecule has 1 atom stereocenters. The van der Waals surface area contributed by atoms with Crippen LogP contribution in [0.4, 0.5) is 0 Å². The predicted octanol–water partition coefficient (Wildman–Crippen LogP) is 4.76. The van der Waals surface area contributed by atoms with Crippen molar-refractivity contribution in [3.63, 3.8) is 0 Å². The number of nitriles is 1. The Hall–Kier alpha value is -1.33. The summed E-state index contributed by atoms with van der Waals surface area (Å²) in [6.45, 7) is 12.8. The Balaban J connectivity index is 2.90. The fraction of sp³-hybridized carbons (Fsp3) is 0.632. The highest BCUT2D eigenvalue weighted by molar-refractivity contribution is 5.27. The molecule has 0 fully saturated rings. The molecule has 116 valence electrons. The summed E-state index contributed by atoms with van der Waals surface area (Å²) in [5.41, 5.74) is 2.20. The van der Waals surface area contributed by atoms with E-state index >= 15 is 0 Å². The van der Waals surface area contributed by atoms with Crippen LogP contribution < -0.4 is 0 Å². The molecule has 0 saturated carbocycles. The van der Waals surface area contributed by atoms with Crippen LogP contribution >= 0.6 is 0 Å². The van der Waals surface area contributed by atoms with Crippen LogP contribution in [0.1, 0.15) is 64.5 Å². The fourth-order valence-corrected chi connectivity index (χ4v) is 2.79. The molecule has 1 unspecified atom stereocenters. The second-order valence-corrected chi connectivity index (χ2v) is 6.45. The molecule has 1 rings (SSSR count). The smallest absolute Gasteiger partial charge is 0.110 e. The van der Waals surface area contributed by atoms with Gasteiger partial charge in [0.1, 0.15) is 5.54 Å². The molecule has 0 aliphatic rings. The normalized spacial score (nSPS) is 14.2. The van der Waals surface area contributed by atoms with E-state index in [0.29, 0.717) is 5.92 Å². The van der Waals surface area contributed by atoms with Crippen molar-refractivity contribution in [3.05, 3.63) is 35.4 Å². The Morgan fingerprint density at radius 3 is 2.00 bits per heavy atom. The van der Waals surface area contributed by atoms with Gasteiger partial charge in [-0.2, -0.15) is 5.26 Å². The predicted molar refractivity (Wildman–Crippen MR) is 90.4 cm³/mol. The highest BCUT2D eigenvalue weighted by atomic mass is 15.2. The Labute approximate surface area is 130 Å². The van der Waals surface area contributed by atoms with Crippen LogP contribution in [-0.4, -0.2) is 23.5 Å². The first kappa shape index (κ1) is 17.7. The Morgan fingerprint density at radius 2 is 1.62 bits per heavy atom. The highest BCUT2D eigenvalue weighted by Crippen LogP contribution is 2.23. The molecule has 2 nitrogen and oxygen atoms in total. The minimum absolute atomic E-state index is 0.411. The van der Waals surface area contributed by atoms with Crippen molar-refractivity contribution in [1.82, 2.24) is 4.90 Å². The molecule has 0 aromatic heterocycles. The molecule has 21 heavy (non-hydrogen) atoms. The molecular weight excluding hydrogens is 256 g/mol. The molecule has 2 heteroatoms. The van der Waals surface area contributed by atoms with Gasteiger partial charge in [-0.05, 0) is 49.9 Å². The third-order valence-electron chi connectivity index (χ3n) is 4.12. The van der Waals surface area contributed by atoms with E-state index in [-0.39, 0.29) is 0 Å². The number of nitrogens with zero attached hydrogens (tertiary/aromatic N) is 2. The zero-order valence-electron chi connectivity index (χ0n) is 14.3. The number of benzene rings is 1. The molecule has 0 radical (unpaired) electrons. The van der Waals surface area contributed by atoms with Crippen molar-refractivity contribution < 1.29 is 0 Å². The third kappa shape index (κ3) is 4.86. The van der Waals surface area contributed by atoms with Crippen LogP contribution in [0.5, 0.6) is 0 Å². The van der Waals surface area contributed by atoms with Crippen molar-refractivity contribution in [2.75, 3.05) is 13.1 Å². The molecule has 0 N–H and O–H groups in total. The lowest BCUT2D eigenvalue weighted by Gasteiger charge is -2.36. The van der Waals surface area contributed by atoms with Crippen molar-refractivity contribution in [3.8, 4) is 6.07 Å².